The van der Waals surface area contributed by atoms with Gasteiger partial charge in [-0.1, -0.05) is 124 Å². The lowest BCUT2D eigenvalue weighted by Crippen LogP contribution is -2.19. The summed E-state index contributed by atoms with van der Waals surface area (Å²) in [6.07, 6.45) is 23.9. The fraction of sp³-hybridized carbons (Fsp3) is 0.179. The Kier molecular flexibility index (Phi) is 8.62. The highest BCUT2D eigenvalue weighted by molar-refractivity contribution is 5.70. The quantitative estimate of drug-likeness (QED) is 0.305. The largest absolute Gasteiger partial charge is 0.356 e. The number of hydrogen-bond acceptors (Lipinski definition) is 1. The molecule has 0 spiro atoms. The van der Waals surface area contributed by atoms with Crippen molar-refractivity contribution in [2.75, 3.05) is 0 Å². The van der Waals surface area contributed by atoms with Crippen molar-refractivity contribution in [3.8, 4) is 11.1 Å². The van der Waals surface area contributed by atoms with Crippen LogP contribution in [0.5, 0.6) is 0 Å². The minimum Gasteiger partial charge on any atom is -0.356 e. The number of nitrogens with one attached hydrogen (secondary N) is 1. The first-order valence-corrected chi connectivity index (χ1v) is 14.3. The van der Waals surface area contributed by atoms with Crippen LogP contribution in [0.1, 0.15) is 49.8 Å². The number of allylic oxidation sites excluding steroid dienone is 10. The van der Waals surface area contributed by atoms with E-state index in [9.17, 15) is 0 Å². The average molecular weight is 522 g/mol. The van der Waals surface area contributed by atoms with Gasteiger partial charge in [-0.25, -0.2) is 0 Å². The molecule has 3 aromatic carbocycles. The highest BCUT2D eigenvalue weighted by Crippen LogP contribution is 2.32. The minimum absolute atomic E-state index is 0.0572. The predicted octanol–water partition coefficient (Wildman–Crippen LogP) is 10.0. The van der Waals surface area contributed by atoms with Gasteiger partial charge in [0.2, 0.25) is 0 Å². The van der Waals surface area contributed by atoms with Gasteiger partial charge < -0.3 is 5.32 Å². The number of hydrogen-bond donors (Lipinski definition) is 1. The molecule has 0 aromatic heterocycles. The summed E-state index contributed by atoms with van der Waals surface area (Å²) in [5, 5.41) is 3.69. The molecule has 0 heterocycles. The van der Waals surface area contributed by atoms with Gasteiger partial charge in [0.1, 0.15) is 0 Å². The lowest BCUT2D eigenvalue weighted by Gasteiger charge is -2.26. The fourth-order valence-corrected chi connectivity index (χ4v) is 5.48. The topological polar surface area (TPSA) is 12.0 Å². The zero-order valence-electron chi connectivity index (χ0n) is 23.7. The van der Waals surface area contributed by atoms with Crippen LogP contribution in [0, 0.1) is 0 Å². The number of rotatable bonds is 7. The molecule has 1 N–H and O–H groups in total. The van der Waals surface area contributed by atoms with E-state index in [0.717, 1.165) is 37.1 Å². The summed E-state index contributed by atoms with van der Waals surface area (Å²) in [6, 6.07) is 28.2. The average Bonchev–Trinajstić information content (AvgIpc) is 3.05. The van der Waals surface area contributed by atoms with E-state index in [-0.39, 0.29) is 5.41 Å². The molecule has 200 valence electrons. The van der Waals surface area contributed by atoms with Crippen molar-refractivity contribution in [3.63, 3.8) is 0 Å². The van der Waals surface area contributed by atoms with Crippen molar-refractivity contribution in [3.05, 3.63) is 173 Å². The molecule has 0 atom stereocenters. The molecule has 1 heteroatoms. The van der Waals surface area contributed by atoms with Gasteiger partial charge >= 0.3 is 0 Å². The Labute approximate surface area is 240 Å². The molecule has 2 aliphatic carbocycles. The lowest BCUT2D eigenvalue weighted by molar-refractivity contribution is 0.528. The summed E-state index contributed by atoms with van der Waals surface area (Å²) in [5.41, 5.74) is 11.2. The van der Waals surface area contributed by atoms with Gasteiger partial charge in [-0.15, -0.1) is 0 Å². The molecule has 0 radical (unpaired) electrons. The molecule has 0 fully saturated rings. The summed E-state index contributed by atoms with van der Waals surface area (Å²) in [4.78, 5) is 0. The molecular weight excluding hydrogens is 482 g/mol. The second-order valence-electron chi connectivity index (χ2n) is 11.2. The zero-order valence-corrected chi connectivity index (χ0v) is 23.7. The van der Waals surface area contributed by atoms with Crippen LogP contribution >= 0.6 is 0 Å². The van der Waals surface area contributed by atoms with Crippen LogP contribution in [-0.2, 0) is 11.8 Å². The fourth-order valence-electron chi connectivity index (χ4n) is 5.48. The standard InChI is InChI=1S/C39H39N/c1-4-36(40-37-23-14-21-33-20-11-12-24-38(33)39(2,3)26-25-37)29-35(32-18-9-6-10-19-32)28-30-15-13-22-34(27-30)31-16-7-5-8-17-31/h4-9,11-18,20,22-25,27-29,40H,1,10,19,21,26H2,2-3H3/b23-14?,35-28-,36-29+,37-25?. The SMILES string of the molecule is C=C/C(=C\C(=C\c1cccc(-c2ccccc2)c1)C1=CC=CCC1)NC1=CCC(C)(C)c2ccccc2CC=C1. The van der Waals surface area contributed by atoms with Gasteiger partial charge in [-0.2, -0.15) is 0 Å². The van der Waals surface area contributed by atoms with Crippen molar-refractivity contribution < 1.29 is 0 Å². The third kappa shape index (κ3) is 6.79. The van der Waals surface area contributed by atoms with Crippen LogP contribution in [0.4, 0.5) is 0 Å². The third-order valence-electron chi connectivity index (χ3n) is 7.73. The van der Waals surface area contributed by atoms with E-state index in [2.05, 4.69) is 153 Å². The van der Waals surface area contributed by atoms with Gasteiger partial charge in [0.05, 0.1) is 0 Å². The molecule has 40 heavy (non-hydrogen) atoms. The Balaban J connectivity index is 1.47. The van der Waals surface area contributed by atoms with Gasteiger partial charge in [-0.05, 0) is 100 Å². The zero-order chi connectivity index (χ0) is 27.8. The summed E-state index contributed by atoms with van der Waals surface area (Å²) in [6.45, 7) is 8.84. The Morgan fingerprint density at radius 2 is 1.70 bits per heavy atom. The second kappa shape index (κ2) is 12.7. The summed E-state index contributed by atoms with van der Waals surface area (Å²) in [7, 11) is 0. The van der Waals surface area contributed by atoms with Gasteiger partial charge in [0.25, 0.3) is 0 Å². The molecule has 0 aliphatic heterocycles. The molecule has 3 aromatic rings. The van der Waals surface area contributed by atoms with E-state index in [1.807, 2.05) is 6.08 Å². The van der Waals surface area contributed by atoms with Gasteiger partial charge in [0.15, 0.2) is 0 Å². The maximum atomic E-state index is 4.16. The first kappa shape index (κ1) is 27.2. The smallest absolute Gasteiger partial charge is 0.0384 e. The van der Waals surface area contributed by atoms with E-state index in [0.29, 0.717) is 0 Å². The van der Waals surface area contributed by atoms with Gasteiger partial charge in [0, 0.05) is 11.4 Å². The summed E-state index contributed by atoms with van der Waals surface area (Å²) < 4.78 is 0. The van der Waals surface area contributed by atoms with E-state index >= 15 is 0 Å². The maximum Gasteiger partial charge on any atom is 0.0384 e. The van der Waals surface area contributed by atoms with Gasteiger partial charge in [-0.3, -0.25) is 0 Å². The molecule has 0 amide bonds. The van der Waals surface area contributed by atoms with Crippen LogP contribution in [0.25, 0.3) is 17.2 Å². The van der Waals surface area contributed by atoms with Crippen LogP contribution in [0.15, 0.2) is 157 Å². The summed E-state index contributed by atoms with van der Waals surface area (Å²) >= 11 is 0. The molecule has 2 aliphatic rings. The molecule has 1 nitrogen and oxygen atoms in total. The highest BCUT2D eigenvalue weighted by atomic mass is 14.9. The normalized spacial score (nSPS) is 17.1. The van der Waals surface area contributed by atoms with Crippen molar-refractivity contribution in [1.82, 2.24) is 5.32 Å². The van der Waals surface area contributed by atoms with Crippen molar-refractivity contribution >= 4 is 6.08 Å². The Morgan fingerprint density at radius 3 is 2.50 bits per heavy atom. The first-order chi connectivity index (χ1) is 19.5. The number of benzene rings is 3. The molecular formula is C39H39N. The molecule has 0 bridgehead atoms. The minimum atomic E-state index is 0.0572. The van der Waals surface area contributed by atoms with Crippen LogP contribution in [-0.4, -0.2) is 0 Å². The van der Waals surface area contributed by atoms with Crippen molar-refractivity contribution in [2.24, 2.45) is 0 Å². The maximum absolute atomic E-state index is 4.16. The van der Waals surface area contributed by atoms with E-state index in [1.165, 1.54) is 39.0 Å². The van der Waals surface area contributed by atoms with Crippen molar-refractivity contribution in [2.45, 2.75) is 44.9 Å². The molecule has 0 saturated heterocycles. The van der Waals surface area contributed by atoms with Crippen molar-refractivity contribution in [1.29, 1.82) is 0 Å². The van der Waals surface area contributed by atoms with Crippen LogP contribution in [0.3, 0.4) is 0 Å². The van der Waals surface area contributed by atoms with E-state index in [1.54, 1.807) is 0 Å². The van der Waals surface area contributed by atoms with Crippen LogP contribution in [0.2, 0.25) is 0 Å². The lowest BCUT2D eigenvalue weighted by atomic mass is 9.78. The Morgan fingerprint density at radius 1 is 0.900 bits per heavy atom. The first-order valence-electron chi connectivity index (χ1n) is 14.3. The Bertz CT molecular complexity index is 1540. The van der Waals surface area contributed by atoms with E-state index < -0.39 is 0 Å². The monoisotopic (exact) mass is 521 g/mol. The summed E-state index contributed by atoms with van der Waals surface area (Å²) in [5.74, 6) is 0. The molecule has 0 unspecified atom stereocenters. The van der Waals surface area contributed by atoms with E-state index in [4.69, 9.17) is 0 Å². The molecule has 5 rings (SSSR count). The second-order valence-corrected chi connectivity index (χ2v) is 11.2. The number of fused-ring (bicyclic) bond motifs is 1. The molecule has 0 saturated carbocycles. The predicted molar refractivity (Wildman–Crippen MR) is 173 cm³/mol. The highest BCUT2D eigenvalue weighted by Gasteiger charge is 2.22. The third-order valence-corrected chi connectivity index (χ3v) is 7.73. The Hall–Kier alpha value is -4.36. The van der Waals surface area contributed by atoms with Crippen LogP contribution < -0.4 is 5.32 Å².